The van der Waals surface area contributed by atoms with Gasteiger partial charge in [0.1, 0.15) is 18.6 Å². The maximum absolute atomic E-state index is 12.1. The molecule has 3 amide bonds. The minimum absolute atomic E-state index is 0.0236. The fraction of sp³-hybridized carbons (Fsp3) is 0.714. The van der Waals surface area contributed by atoms with Crippen LogP contribution >= 0.6 is 12.6 Å². The van der Waals surface area contributed by atoms with Gasteiger partial charge < -0.3 is 26.8 Å². The number of aliphatic carboxylic acids is 1. The standard InChI is InChI=1S/C14H26N4O5S/c1-4-7(2)11(15)14(23)17-8(3)12(21)18-9(6-24)13(22)16-5-10(19)20/h7-9,11,24H,4-6,15H2,1-3H3,(H,16,22)(H,17,23)(H,18,21)(H,19,20). The van der Waals surface area contributed by atoms with Crippen molar-refractivity contribution in [2.24, 2.45) is 11.7 Å². The van der Waals surface area contributed by atoms with Crippen molar-refractivity contribution in [1.29, 1.82) is 0 Å². The fourth-order valence-corrected chi connectivity index (χ4v) is 1.92. The van der Waals surface area contributed by atoms with Crippen molar-refractivity contribution in [1.82, 2.24) is 16.0 Å². The minimum atomic E-state index is -1.20. The van der Waals surface area contributed by atoms with Crippen LogP contribution in [0.1, 0.15) is 27.2 Å². The lowest BCUT2D eigenvalue weighted by molar-refractivity contribution is -0.138. The number of carbonyl (C=O) groups excluding carboxylic acids is 3. The van der Waals surface area contributed by atoms with E-state index in [9.17, 15) is 19.2 Å². The highest BCUT2D eigenvalue weighted by Gasteiger charge is 2.26. The van der Waals surface area contributed by atoms with Crippen LogP contribution in [0.3, 0.4) is 0 Å². The van der Waals surface area contributed by atoms with Gasteiger partial charge in [-0.3, -0.25) is 19.2 Å². The molecule has 138 valence electrons. The Morgan fingerprint density at radius 3 is 2.12 bits per heavy atom. The van der Waals surface area contributed by atoms with Gasteiger partial charge in [0.05, 0.1) is 6.04 Å². The Bertz CT molecular complexity index is 474. The summed E-state index contributed by atoms with van der Waals surface area (Å²) < 4.78 is 0. The van der Waals surface area contributed by atoms with Crippen LogP contribution in [0, 0.1) is 5.92 Å². The van der Waals surface area contributed by atoms with Crippen molar-refractivity contribution in [3.05, 3.63) is 0 Å². The van der Waals surface area contributed by atoms with Gasteiger partial charge in [-0.15, -0.1) is 0 Å². The molecule has 0 saturated carbocycles. The number of hydrogen-bond donors (Lipinski definition) is 6. The van der Waals surface area contributed by atoms with E-state index in [1.807, 2.05) is 13.8 Å². The van der Waals surface area contributed by atoms with E-state index in [1.165, 1.54) is 6.92 Å². The molecule has 0 spiro atoms. The van der Waals surface area contributed by atoms with Crippen LogP contribution in [-0.4, -0.2) is 59.2 Å². The summed E-state index contributed by atoms with van der Waals surface area (Å²) in [5.74, 6) is -2.98. The summed E-state index contributed by atoms with van der Waals surface area (Å²) in [5, 5.41) is 15.6. The van der Waals surface area contributed by atoms with Gasteiger partial charge in [-0.25, -0.2) is 0 Å². The van der Waals surface area contributed by atoms with E-state index < -0.39 is 48.4 Å². The second-order valence-electron chi connectivity index (χ2n) is 5.50. The maximum Gasteiger partial charge on any atom is 0.322 e. The van der Waals surface area contributed by atoms with E-state index in [1.54, 1.807) is 0 Å². The van der Waals surface area contributed by atoms with Crippen molar-refractivity contribution in [3.8, 4) is 0 Å². The van der Waals surface area contributed by atoms with Crippen LogP contribution in [0.2, 0.25) is 0 Å². The molecule has 0 heterocycles. The lowest BCUT2D eigenvalue weighted by Gasteiger charge is -2.22. The second-order valence-corrected chi connectivity index (χ2v) is 5.86. The number of carboxylic acids is 1. The molecule has 0 aliphatic carbocycles. The number of thiol groups is 1. The molecular weight excluding hydrogens is 336 g/mol. The van der Waals surface area contributed by atoms with E-state index in [-0.39, 0.29) is 11.7 Å². The average molecular weight is 362 g/mol. The third kappa shape index (κ3) is 7.64. The Balaban J connectivity index is 4.58. The van der Waals surface area contributed by atoms with Crippen molar-refractivity contribution >= 4 is 36.3 Å². The summed E-state index contributed by atoms with van der Waals surface area (Å²) in [6, 6.07) is -2.64. The zero-order valence-corrected chi connectivity index (χ0v) is 14.9. The van der Waals surface area contributed by atoms with Gasteiger partial charge in [-0.2, -0.15) is 12.6 Å². The van der Waals surface area contributed by atoms with E-state index >= 15 is 0 Å². The highest BCUT2D eigenvalue weighted by atomic mass is 32.1. The third-order valence-electron chi connectivity index (χ3n) is 3.54. The first-order valence-electron chi connectivity index (χ1n) is 7.60. The first-order valence-corrected chi connectivity index (χ1v) is 8.23. The monoisotopic (exact) mass is 362 g/mol. The number of amides is 3. The first-order chi connectivity index (χ1) is 11.1. The van der Waals surface area contributed by atoms with Gasteiger partial charge >= 0.3 is 5.97 Å². The normalized spacial score (nSPS) is 15.5. The molecule has 10 heteroatoms. The fourth-order valence-electron chi connectivity index (χ4n) is 1.66. The molecular formula is C14H26N4O5S. The Hall–Kier alpha value is -1.81. The molecule has 0 aliphatic rings. The SMILES string of the molecule is CCC(C)C(N)C(=O)NC(C)C(=O)NC(CS)C(=O)NCC(=O)O. The smallest absolute Gasteiger partial charge is 0.322 e. The number of hydrogen-bond acceptors (Lipinski definition) is 6. The largest absolute Gasteiger partial charge is 0.480 e. The third-order valence-corrected chi connectivity index (χ3v) is 3.91. The van der Waals surface area contributed by atoms with Crippen LogP contribution in [0.5, 0.6) is 0 Å². The van der Waals surface area contributed by atoms with E-state index in [2.05, 4.69) is 28.6 Å². The van der Waals surface area contributed by atoms with Gasteiger partial charge in [0, 0.05) is 5.75 Å². The summed E-state index contributed by atoms with van der Waals surface area (Å²) in [6.07, 6.45) is 0.723. The summed E-state index contributed by atoms with van der Waals surface area (Å²) in [7, 11) is 0. The molecule has 4 atom stereocenters. The molecule has 0 aromatic carbocycles. The number of nitrogens with two attached hydrogens (primary N) is 1. The maximum atomic E-state index is 12.1. The number of rotatable bonds is 10. The molecule has 0 aromatic rings. The van der Waals surface area contributed by atoms with Gasteiger partial charge in [0.2, 0.25) is 17.7 Å². The lowest BCUT2D eigenvalue weighted by Crippen LogP contribution is -2.56. The molecule has 0 rings (SSSR count). The summed E-state index contributed by atoms with van der Waals surface area (Å²) in [5.41, 5.74) is 5.79. The average Bonchev–Trinajstić information content (AvgIpc) is 2.55. The Kier molecular flexibility index (Phi) is 10.0. The van der Waals surface area contributed by atoms with Crippen LogP contribution in [0.4, 0.5) is 0 Å². The summed E-state index contributed by atoms with van der Waals surface area (Å²) in [6.45, 7) is 4.63. The Morgan fingerprint density at radius 1 is 1.08 bits per heavy atom. The van der Waals surface area contributed by atoms with Gasteiger partial charge in [-0.1, -0.05) is 20.3 Å². The molecule has 0 radical (unpaired) electrons. The van der Waals surface area contributed by atoms with Gasteiger partial charge in [0.15, 0.2) is 0 Å². The first kappa shape index (κ1) is 22.2. The van der Waals surface area contributed by atoms with Crippen molar-refractivity contribution < 1.29 is 24.3 Å². The molecule has 0 aliphatic heterocycles. The van der Waals surface area contributed by atoms with Crippen molar-refractivity contribution in [2.45, 2.75) is 45.3 Å². The Morgan fingerprint density at radius 2 is 1.67 bits per heavy atom. The van der Waals surface area contributed by atoms with Crippen LogP contribution in [-0.2, 0) is 19.2 Å². The summed E-state index contributed by atoms with van der Waals surface area (Å²) in [4.78, 5) is 46.2. The molecule has 0 bridgehead atoms. The van der Waals surface area contributed by atoms with Crippen LogP contribution in [0.25, 0.3) is 0 Å². The lowest BCUT2D eigenvalue weighted by atomic mass is 9.99. The predicted octanol–water partition coefficient (Wildman–Crippen LogP) is -1.52. The summed E-state index contributed by atoms with van der Waals surface area (Å²) >= 11 is 3.95. The highest BCUT2D eigenvalue weighted by Crippen LogP contribution is 2.05. The molecule has 9 nitrogen and oxygen atoms in total. The molecule has 0 aromatic heterocycles. The quantitative estimate of drug-likeness (QED) is 0.260. The van der Waals surface area contributed by atoms with Crippen molar-refractivity contribution in [3.63, 3.8) is 0 Å². The van der Waals surface area contributed by atoms with Crippen LogP contribution in [0.15, 0.2) is 0 Å². The molecule has 0 fully saturated rings. The minimum Gasteiger partial charge on any atom is -0.480 e. The molecule has 24 heavy (non-hydrogen) atoms. The van der Waals surface area contributed by atoms with Gasteiger partial charge in [-0.05, 0) is 12.8 Å². The van der Waals surface area contributed by atoms with Gasteiger partial charge in [0.25, 0.3) is 0 Å². The highest BCUT2D eigenvalue weighted by molar-refractivity contribution is 7.80. The predicted molar refractivity (Wildman–Crippen MR) is 91.5 cm³/mol. The van der Waals surface area contributed by atoms with E-state index in [0.29, 0.717) is 0 Å². The van der Waals surface area contributed by atoms with Crippen molar-refractivity contribution in [2.75, 3.05) is 12.3 Å². The van der Waals surface area contributed by atoms with E-state index in [4.69, 9.17) is 10.8 Å². The number of carbonyl (C=O) groups is 4. The second kappa shape index (κ2) is 10.9. The zero-order valence-electron chi connectivity index (χ0n) is 14.0. The van der Waals surface area contributed by atoms with E-state index in [0.717, 1.165) is 6.42 Å². The molecule has 6 N–H and O–H groups in total. The Labute approximate surface area is 146 Å². The molecule has 0 saturated heterocycles. The zero-order chi connectivity index (χ0) is 18.9. The number of carboxylic acid groups (broad SMARTS) is 1. The topological polar surface area (TPSA) is 151 Å². The van der Waals surface area contributed by atoms with Crippen LogP contribution < -0.4 is 21.7 Å². The molecule has 4 unspecified atom stereocenters. The number of nitrogens with one attached hydrogen (secondary N) is 3.